The number of carbonyl (C=O) groups is 1. The van der Waals surface area contributed by atoms with Gasteiger partial charge in [-0.3, -0.25) is 4.79 Å². The molecule has 2 aliphatic rings. The second-order valence-corrected chi connectivity index (χ2v) is 11.4. The molecule has 0 spiro atoms. The van der Waals surface area contributed by atoms with Crippen molar-refractivity contribution in [2.75, 3.05) is 26.7 Å². The van der Waals surface area contributed by atoms with Crippen molar-refractivity contribution in [3.8, 4) is 5.75 Å². The van der Waals surface area contributed by atoms with Crippen molar-refractivity contribution in [2.45, 2.75) is 70.6 Å². The number of hydrogen-bond donors (Lipinski definition) is 1. The molecule has 0 aromatic heterocycles. The Morgan fingerprint density at radius 2 is 1.59 bits per heavy atom. The van der Waals surface area contributed by atoms with E-state index in [0.717, 1.165) is 80.7 Å². The third kappa shape index (κ3) is 6.90. The van der Waals surface area contributed by atoms with Crippen molar-refractivity contribution in [1.82, 2.24) is 15.1 Å². The molecule has 206 valence electrons. The molecule has 0 radical (unpaired) electrons. The van der Waals surface area contributed by atoms with Gasteiger partial charge in [-0.25, -0.2) is 0 Å². The molecule has 2 atom stereocenters. The Morgan fingerprint density at radius 3 is 2.31 bits per heavy atom. The molecule has 5 rings (SSSR count). The Kier molecular flexibility index (Phi) is 9.00. The number of nitrogens with zero attached hydrogens (tertiary/aromatic N) is 2. The van der Waals surface area contributed by atoms with Crippen LogP contribution in [0.5, 0.6) is 5.75 Å². The van der Waals surface area contributed by atoms with Gasteiger partial charge < -0.3 is 19.9 Å². The van der Waals surface area contributed by atoms with Crippen molar-refractivity contribution < 1.29 is 9.53 Å². The van der Waals surface area contributed by atoms with Crippen LogP contribution in [0.3, 0.4) is 0 Å². The van der Waals surface area contributed by atoms with E-state index in [-0.39, 0.29) is 11.9 Å². The van der Waals surface area contributed by atoms with Gasteiger partial charge in [0.15, 0.2) is 0 Å². The maximum Gasteiger partial charge on any atom is 0.254 e. The van der Waals surface area contributed by atoms with E-state index < -0.39 is 0 Å². The first-order valence-electron chi connectivity index (χ1n) is 14.5. The summed E-state index contributed by atoms with van der Waals surface area (Å²) in [5, 5.41) is 3.77. The van der Waals surface area contributed by atoms with Gasteiger partial charge in [-0.05, 0) is 82.8 Å². The van der Waals surface area contributed by atoms with Gasteiger partial charge in [0.05, 0.1) is 7.11 Å². The number of ether oxygens (including phenoxy) is 1. The number of rotatable bonds is 8. The predicted molar refractivity (Wildman–Crippen MR) is 158 cm³/mol. The van der Waals surface area contributed by atoms with Crippen molar-refractivity contribution in [3.63, 3.8) is 0 Å². The summed E-state index contributed by atoms with van der Waals surface area (Å²) < 4.78 is 5.52. The second-order valence-electron chi connectivity index (χ2n) is 11.4. The van der Waals surface area contributed by atoms with Crippen LogP contribution in [0.4, 0.5) is 0 Å². The number of carbonyl (C=O) groups excluding carboxylic acids is 1. The lowest BCUT2D eigenvalue weighted by Gasteiger charge is -2.46. The van der Waals surface area contributed by atoms with E-state index in [4.69, 9.17) is 4.74 Å². The zero-order chi connectivity index (χ0) is 27.2. The van der Waals surface area contributed by atoms with E-state index in [9.17, 15) is 4.79 Å². The summed E-state index contributed by atoms with van der Waals surface area (Å²) in [6, 6.07) is 26.4. The number of amides is 1. The number of benzene rings is 3. The standard InChI is InChI=1S/C34H43N3O2/c1-25-19-26(2)21-29(20-25)34(38)37-18-15-31(23-32(37)22-27-9-5-4-6-10-27)36-16-13-30(14-17-36)35-24-28-11-7-8-12-33(28)39-3/h4-12,19-21,30-32,35H,13-18,22-24H2,1-3H3. The molecule has 0 bridgehead atoms. The Balaban J connectivity index is 1.22. The predicted octanol–water partition coefficient (Wildman–Crippen LogP) is 5.78. The monoisotopic (exact) mass is 525 g/mol. The number of methoxy groups -OCH3 is 1. The summed E-state index contributed by atoms with van der Waals surface area (Å²) in [5.74, 6) is 1.13. The number of nitrogens with one attached hydrogen (secondary N) is 1. The van der Waals surface area contributed by atoms with Crippen LogP contribution >= 0.6 is 0 Å². The number of hydrogen-bond acceptors (Lipinski definition) is 4. The van der Waals surface area contributed by atoms with Gasteiger partial charge in [-0.15, -0.1) is 0 Å². The average molecular weight is 526 g/mol. The molecule has 2 heterocycles. The van der Waals surface area contributed by atoms with E-state index in [1.807, 2.05) is 24.3 Å². The Bertz CT molecular complexity index is 1220. The number of likely N-dealkylation sites (tertiary alicyclic amines) is 2. The zero-order valence-electron chi connectivity index (χ0n) is 23.7. The quantitative estimate of drug-likeness (QED) is 0.405. The van der Waals surface area contributed by atoms with Crippen molar-refractivity contribution in [2.24, 2.45) is 0 Å². The first-order valence-corrected chi connectivity index (χ1v) is 14.5. The van der Waals surface area contributed by atoms with Gasteiger partial charge in [0.1, 0.15) is 5.75 Å². The van der Waals surface area contributed by atoms with Crippen LogP contribution in [0.25, 0.3) is 0 Å². The fourth-order valence-electron chi connectivity index (χ4n) is 6.54. The number of para-hydroxylation sites is 1. The third-order valence-electron chi connectivity index (χ3n) is 8.55. The Morgan fingerprint density at radius 1 is 0.897 bits per heavy atom. The number of aryl methyl sites for hydroxylation is 2. The molecule has 3 aromatic carbocycles. The van der Waals surface area contributed by atoms with Crippen molar-refractivity contribution in [1.29, 1.82) is 0 Å². The van der Waals surface area contributed by atoms with Gasteiger partial charge in [0, 0.05) is 42.3 Å². The molecule has 0 aliphatic carbocycles. The van der Waals surface area contributed by atoms with Crippen LogP contribution in [0.15, 0.2) is 72.8 Å². The van der Waals surface area contributed by atoms with Gasteiger partial charge in [-0.2, -0.15) is 0 Å². The van der Waals surface area contributed by atoms with E-state index in [1.165, 1.54) is 11.1 Å². The summed E-state index contributed by atoms with van der Waals surface area (Å²) in [4.78, 5) is 18.6. The topological polar surface area (TPSA) is 44.8 Å². The molecule has 2 unspecified atom stereocenters. The van der Waals surface area contributed by atoms with Crippen molar-refractivity contribution >= 4 is 5.91 Å². The van der Waals surface area contributed by atoms with E-state index >= 15 is 0 Å². The SMILES string of the molecule is COc1ccccc1CNC1CCN(C2CCN(C(=O)c3cc(C)cc(C)c3)C(Cc3ccccc3)C2)CC1. The fourth-order valence-corrected chi connectivity index (χ4v) is 6.54. The highest BCUT2D eigenvalue weighted by atomic mass is 16.5. The minimum atomic E-state index is 0.181. The highest BCUT2D eigenvalue weighted by Crippen LogP contribution is 2.29. The van der Waals surface area contributed by atoms with Crippen LogP contribution in [-0.4, -0.2) is 60.6 Å². The summed E-state index contributed by atoms with van der Waals surface area (Å²) in [6.45, 7) is 8.03. The van der Waals surface area contributed by atoms with Crippen molar-refractivity contribution in [3.05, 3.63) is 101 Å². The molecule has 2 fully saturated rings. The average Bonchev–Trinajstić information content (AvgIpc) is 2.96. The maximum atomic E-state index is 13.8. The zero-order valence-corrected chi connectivity index (χ0v) is 23.7. The van der Waals surface area contributed by atoms with Crippen LogP contribution in [0.1, 0.15) is 58.3 Å². The third-order valence-corrected chi connectivity index (χ3v) is 8.55. The molecule has 39 heavy (non-hydrogen) atoms. The highest BCUT2D eigenvalue weighted by molar-refractivity contribution is 5.95. The van der Waals surface area contributed by atoms with E-state index in [2.05, 4.69) is 77.5 Å². The van der Waals surface area contributed by atoms with E-state index in [1.54, 1.807) is 7.11 Å². The molecule has 1 N–H and O–H groups in total. The minimum Gasteiger partial charge on any atom is -0.496 e. The molecule has 1 amide bonds. The van der Waals surface area contributed by atoms with Gasteiger partial charge in [-0.1, -0.05) is 65.7 Å². The largest absolute Gasteiger partial charge is 0.496 e. The molecular formula is C34H43N3O2. The lowest BCUT2D eigenvalue weighted by Crippen LogP contribution is -2.55. The summed E-state index contributed by atoms with van der Waals surface area (Å²) in [5.41, 5.74) is 5.64. The van der Waals surface area contributed by atoms with Crippen LogP contribution < -0.4 is 10.1 Å². The van der Waals surface area contributed by atoms with Crippen LogP contribution in [0, 0.1) is 13.8 Å². The lowest BCUT2D eigenvalue weighted by atomic mass is 9.89. The first-order chi connectivity index (χ1) is 19.0. The van der Waals surface area contributed by atoms with Crippen LogP contribution in [-0.2, 0) is 13.0 Å². The molecule has 2 saturated heterocycles. The second kappa shape index (κ2) is 12.8. The molecule has 2 aliphatic heterocycles. The van der Waals surface area contributed by atoms with E-state index in [0.29, 0.717) is 12.1 Å². The lowest BCUT2D eigenvalue weighted by molar-refractivity contribution is 0.0372. The highest BCUT2D eigenvalue weighted by Gasteiger charge is 2.36. The fraction of sp³-hybridized carbons (Fsp3) is 0.441. The smallest absolute Gasteiger partial charge is 0.254 e. The minimum absolute atomic E-state index is 0.181. The summed E-state index contributed by atoms with van der Waals surface area (Å²) in [7, 11) is 1.74. The Hall–Kier alpha value is -3.15. The maximum absolute atomic E-state index is 13.8. The van der Waals surface area contributed by atoms with Crippen LogP contribution in [0.2, 0.25) is 0 Å². The first kappa shape index (κ1) is 27.4. The molecule has 0 saturated carbocycles. The summed E-state index contributed by atoms with van der Waals surface area (Å²) in [6.07, 6.45) is 5.29. The molecule has 5 nitrogen and oxygen atoms in total. The molecular weight excluding hydrogens is 482 g/mol. The molecule has 5 heteroatoms. The van der Waals surface area contributed by atoms with Gasteiger partial charge >= 0.3 is 0 Å². The number of piperidine rings is 2. The van der Waals surface area contributed by atoms with Gasteiger partial charge in [0.2, 0.25) is 0 Å². The summed E-state index contributed by atoms with van der Waals surface area (Å²) >= 11 is 0. The van der Waals surface area contributed by atoms with Gasteiger partial charge in [0.25, 0.3) is 5.91 Å². The Labute approximate surface area is 234 Å². The normalized spacial score (nSPS) is 20.6. The molecule has 3 aromatic rings.